The predicted octanol–water partition coefficient (Wildman–Crippen LogP) is 1.81. The second-order valence-corrected chi connectivity index (χ2v) is 7.15. The number of hydrogen-bond donors (Lipinski definition) is 2. The molecule has 0 spiro atoms. The van der Waals surface area contributed by atoms with Crippen molar-refractivity contribution in [2.75, 3.05) is 13.7 Å². The van der Waals surface area contributed by atoms with E-state index in [9.17, 15) is 8.42 Å². The van der Waals surface area contributed by atoms with Gasteiger partial charge in [0.15, 0.2) is 0 Å². The smallest absolute Gasteiger partial charge is 0.241 e. The molecule has 6 heteroatoms. The minimum Gasteiger partial charge on any atom is -0.497 e. The van der Waals surface area contributed by atoms with Gasteiger partial charge < -0.3 is 10.5 Å². The van der Waals surface area contributed by atoms with Crippen molar-refractivity contribution in [2.24, 2.45) is 5.73 Å². The van der Waals surface area contributed by atoms with Crippen molar-refractivity contribution >= 4 is 10.0 Å². The van der Waals surface area contributed by atoms with Crippen LogP contribution in [0.1, 0.15) is 37.7 Å². The fourth-order valence-corrected chi connectivity index (χ4v) is 4.35. The summed E-state index contributed by atoms with van der Waals surface area (Å²) in [5, 5.41) is 0. The molecule has 1 aromatic rings. The average Bonchev–Trinajstić information content (AvgIpc) is 2.48. The van der Waals surface area contributed by atoms with E-state index in [0.717, 1.165) is 25.7 Å². The van der Waals surface area contributed by atoms with Gasteiger partial charge in [0.05, 0.1) is 12.0 Å². The lowest BCUT2D eigenvalue weighted by molar-refractivity contribution is 0.410. The summed E-state index contributed by atoms with van der Waals surface area (Å²) in [5.74, 6) is 0.648. The molecule has 0 radical (unpaired) electrons. The Bertz CT molecular complexity index is 566. The zero-order chi connectivity index (χ0) is 15.3. The van der Waals surface area contributed by atoms with Gasteiger partial charge in [0.1, 0.15) is 5.75 Å². The lowest BCUT2D eigenvalue weighted by Gasteiger charge is -2.23. The van der Waals surface area contributed by atoms with Crippen LogP contribution >= 0.6 is 0 Å². The SMILES string of the molecule is COc1ccc(S(=O)(=O)NC2CCCCC2)c(CCN)c1. The topological polar surface area (TPSA) is 81.4 Å². The van der Waals surface area contributed by atoms with Gasteiger partial charge in [0.2, 0.25) is 10.0 Å². The van der Waals surface area contributed by atoms with E-state index in [1.165, 1.54) is 6.42 Å². The minimum absolute atomic E-state index is 0.0524. The highest BCUT2D eigenvalue weighted by molar-refractivity contribution is 7.89. The van der Waals surface area contributed by atoms with E-state index in [4.69, 9.17) is 10.5 Å². The maximum absolute atomic E-state index is 12.6. The van der Waals surface area contributed by atoms with Gasteiger partial charge in [-0.3, -0.25) is 0 Å². The second-order valence-electron chi connectivity index (χ2n) is 5.47. The third-order valence-corrected chi connectivity index (χ3v) is 5.52. The molecule has 1 aliphatic rings. The Balaban J connectivity index is 2.25. The lowest BCUT2D eigenvalue weighted by atomic mass is 9.96. The zero-order valence-electron chi connectivity index (χ0n) is 12.5. The Morgan fingerprint density at radius 2 is 2.00 bits per heavy atom. The molecular formula is C15H24N2O3S. The number of nitrogens with two attached hydrogens (primary N) is 1. The van der Waals surface area contributed by atoms with Crippen LogP contribution in [0.4, 0.5) is 0 Å². The second kappa shape index (κ2) is 7.24. The molecule has 5 nitrogen and oxygen atoms in total. The number of rotatable bonds is 6. The van der Waals surface area contributed by atoms with Crippen molar-refractivity contribution in [1.29, 1.82) is 0 Å². The van der Waals surface area contributed by atoms with Crippen LogP contribution in [0.15, 0.2) is 23.1 Å². The number of ether oxygens (including phenoxy) is 1. The Morgan fingerprint density at radius 1 is 1.29 bits per heavy atom. The molecule has 2 rings (SSSR count). The summed E-state index contributed by atoms with van der Waals surface area (Å²) in [7, 11) is -1.93. The average molecular weight is 312 g/mol. The molecule has 0 aliphatic heterocycles. The standard InChI is InChI=1S/C15H24N2O3S/c1-20-14-7-8-15(12(11-14)9-10-16)21(18,19)17-13-5-3-2-4-6-13/h7-8,11,13,17H,2-6,9-10,16H2,1H3. The largest absolute Gasteiger partial charge is 0.497 e. The maximum Gasteiger partial charge on any atom is 0.241 e. The van der Waals surface area contributed by atoms with Crippen molar-refractivity contribution in [2.45, 2.75) is 49.5 Å². The Hall–Kier alpha value is -1.11. The highest BCUT2D eigenvalue weighted by Crippen LogP contribution is 2.24. The van der Waals surface area contributed by atoms with Gasteiger partial charge in [0.25, 0.3) is 0 Å². The third kappa shape index (κ3) is 4.18. The summed E-state index contributed by atoms with van der Waals surface area (Å²) in [5.41, 5.74) is 6.30. The Morgan fingerprint density at radius 3 is 2.62 bits per heavy atom. The first-order valence-corrected chi connectivity index (χ1v) is 8.94. The van der Waals surface area contributed by atoms with E-state index < -0.39 is 10.0 Å². The predicted molar refractivity (Wildman–Crippen MR) is 82.9 cm³/mol. The quantitative estimate of drug-likeness (QED) is 0.839. The van der Waals surface area contributed by atoms with Gasteiger partial charge in [-0.15, -0.1) is 0 Å². The van der Waals surface area contributed by atoms with Crippen LogP contribution in [0, 0.1) is 0 Å². The highest BCUT2D eigenvalue weighted by Gasteiger charge is 2.24. The normalized spacial score (nSPS) is 16.9. The van der Waals surface area contributed by atoms with Gasteiger partial charge in [0, 0.05) is 6.04 Å². The molecule has 0 saturated heterocycles. The van der Waals surface area contributed by atoms with Gasteiger partial charge in [-0.05, 0) is 49.6 Å². The van der Waals surface area contributed by atoms with Crippen molar-refractivity contribution in [3.8, 4) is 5.75 Å². The van der Waals surface area contributed by atoms with E-state index in [2.05, 4.69) is 4.72 Å². The summed E-state index contributed by atoms with van der Waals surface area (Å²) >= 11 is 0. The molecular weight excluding hydrogens is 288 g/mol. The molecule has 1 aromatic carbocycles. The van der Waals surface area contributed by atoms with Crippen molar-refractivity contribution in [3.63, 3.8) is 0 Å². The molecule has 0 atom stereocenters. The molecule has 0 amide bonds. The van der Waals surface area contributed by atoms with E-state index in [-0.39, 0.29) is 6.04 Å². The number of hydrogen-bond acceptors (Lipinski definition) is 4. The fraction of sp³-hybridized carbons (Fsp3) is 0.600. The van der Waals surface area contributed by atoms with Crippen molar-refractivity contribution in [3.05, 3.63) is 23.8 Å². The summed E-state index contributed by atoms with van der Waals surface area (Å²) in [6.45, 7) is 0.402. The zero-order valence-corrected chi connectivity index (χ0v) is 13.3. The number of benzene rings is 1. The molecule has 1 aliphatic carbocycles. The Labute approximate surface area is 126 Å². The third-order valence-electron chi connectivity index (χ3n) is 3.90. The summed E-state index contributed by atoms with van der Waals surface area (Å²) in [6.07, 6.45) is 5.72. The van der Waals surface area contributed by atoms with E-state index in [0.29, 0.717) is 29.2 Å². The highest BCUT2D eigenvalue weighted by atomic mass is 32.2. The summed E-state index contributed by atoms with van der Waals surface area (Å²) in [6, 6.07) is 5.09. The first kappa shape index (κ1) is 16.3. The van der Waals surface area contributed by atoms with E-state index in [1.54, 1.807) is 25.3 Å². The van der Waals surface area contributed by atoms with Gasteiger partial charge in [-0.1, -0.05) is 19.3 Å². The Kier molecular flexibility index (Phi) is 5.61. The molecule has 0 unspecified atom stereocenters. The van der Waals surface area contributed by atoms with Crippen molar-refractivity contribution < 1.29 is 13.2 Å². The van der Waals surface area contributed by atoms with Crippen LogP contribution in [0.3, 0.4) is 0 Å². The molecule has 1 fully saturated rings. The molecule has 0 bridgehead atoms. The molecule has 21 heavy (non-hydrogen) atoms. The van der Waals surface area contributed by atoms with Gasteiger partial charge in [-0.25, -0.2) is 13.1 Å². The lowest BCUT2D eigenvalue weighted by Crippen LogP contribution is -2.36. The van der Waals surface area contributed by atoms with E-state index >= 15 is 0 Å². The van der Waals surface area contributed by atoms with Gasteiger partial charge >= 0.3 is 0 Å². The maximum atomic E-state index is 12.6. The monoisotopic (exact) mass is 312 g/mol. The van der Waals surface area contributed by atoms with Crippen molar-refractivity contribution in [1.82, 2.24) is 4.72 Å². The van der Waals surface area contributed by atoms with Crippen LogP contribution in [0.25, 0.3) is 0 Å². The first-order valence-electron chi connectivity index (χ1n) is 7.46. The van der Waals surface area contributed by atoms with Crippen LogP contribution in [0.2, 0.25) is 0 Å². The molecule has 118 valence electrons. The molecule has 0 heterocycles. The van der Waals surface area contributed by atoms with Crippen LogP contribution in [0.5, 0.6) is 5.75 Å². The first-order chi connectivity index (χ1) is 10.1. The molecule has 0 aromatic heterocycles. The minimum atomic E-state index is -3.50. The van der Waals surface area contributed by atoms with Crippen LogP contribution in [-0.4, -0.2) is 28.1 Å². The van der Waals surface area contributed by atoms with Gasteiger partial charge in [-0.2, -0.15) is 0 Å². The number of sulfonamides is 1. The number of nitrogens with one attached hydrogen (secondary N) is 1. The molecule has 3 N–H and O–H groups in total. The van der Waals surface area contributed by atoms with Crippen LogP contribution < -0.4 is 15.2 Å². The van der Waals surface area contributed by atoms with E-state index in [1.807, 2.05) is 0 Å². The summed E-state index contributed by atoms with van der Waals surface area (Å²) < 4.78 is 33.2. The van der Waals surface area contributed by atoms with Crippen LogP contribution in [-0.2, 0) is 16.4 Å². The number of methoxy groups -OCH3 is 1. The molecule has 1 saturated carbocycles. The fourth-order valence-electron chi connectivity index (χ4n) is 2.80. The summed E-state index contributed by atoms with van der Waals surface area (Å²) in [4.78, 5) is 0.319.